The van der Waals surface area contributed by atoms with E-state index in [1.165, 1.54) is 33.4 Å². The average Bonchev–Trinajstić information content (AvgIpc) is 3.18. The van der Waals surface area contributed by atoms with Gasteiger partial charge in [0.1, 0.15) is 11.5 Å². The molecule has 35 heavy (non-hydrogen) atoms. The molecule has 2 aliphatic carbocycles. The Kier molecular flexibility index (Phi) is 6.09. The van der Waals surface area contributed by atoms with Gasteiger partial charge in [0.05, 0.1) is 14.2 Å². The molecule has 0 saturated carbocycles. The van der Waals surface area contributed by atoms with Gasteiger partial charge in [-0.1, -0.05) is 50.2 Å². The van der Waals surface area contributed by atoms with Crippen LogP contribution in [0.25, 0.3) is 0 Å². The highest BCUT2D eigenvalue weighted by Crippen LogP contribution is 2.54. The van der Waals surface area contributed by atoms with E-state index in [0.717, 1.165) is 30.8 Å². The standard InChI is InChI=1S/C31H38O3Si/c1-31(2,35(5,6)32)19-20-8-7-9-22(14-20)30-27-18-25(34-4)11-10-21(27)16-28-26-13-12-24(33-3)15-23(26)17-29(28)30/h7-15,18,28-30,32H,16-17,19H2,1-6H3/t28-,29+,30-/m0/s1. The van der Waals surface area contributed by atoms with E-state index < -0.39 is 8.32 Å². The Hall–Kier alpha value is -2.56. The molecule has 0 saturated heterocycles. The maximum absolute atomic E-state index is 10.9. The number of rotatable bonds is 6. The van der Waals surface area contributed by atoms with Crippen LogP contribution >= 0.6 is 0 Å². The Morgan fingerprint density at radius 3 is 2.29 bits per heavy atom. The fourth-order valence-corrected chi connectivity index (χ4v) is 6.82. The topological polar surface area (TPSA) is 38.7 Å². The van der Waals surface area contributed by atoms with Crippen molar-refractivity contribution in [3.05, 3.63) is 94.0 Å². The molecule has 5 rings (SSSR count). The van der Waals surface area contributed by atoms with Crippen LogP contribution < -0.4 is 9.47 Å². The molecule has 0 radical (unpaired) electrons. The highest BCUT2D eigenvalue weighted by atomic mass is 28.4. The van der Waals surface area contributed by atoms with Gasteiger partial charge in [-0.25, -0.2) is 0 Å². The fourth-order valence-electron chi connectivity index (χ4n) is 6.18. The van der Waals surface area contributed by atoms with Gasteiger partial charge in [0.25, 0.3) is 0 Å². The Morgan fingerprint density at radius 2 is 1.57 bits per heavy atom. The summed E-state index contributed by atoms with van der Waals surface area (Å²) in [5.41, 5.74) is 8.42. The van der Waals surface area contributed by atoms with E-state index >= 15 is 0 Å². The zero-order valence-electron chi connectivity index (χ0n) is 21.9. The molecule has 3 nitrogen and oxygen atoms in total. The van der Waals surface area contributed by atoms with Crippen LogP contribution in [0.2, 0.25) is 18.1 Å². The van der Waals surface area contributed by atoms with E-state index in [2.05, 4.69) is 87.6 Å². The Bertz CT molecular complexity index is 1240. The van der Waals surface area contributed by atoms with Gasteiger partial charge in [-0.15, -0.1) is 0 Å². The van der Waals surface area contributed by atoms with E-state index in [9.17, 15) is 4.80 Å². The smallest absolute Gasteiger partial charge is 0.188 e. The first-order valence-electron chi connectivity index (χ1n) is 12.8. The lowest BCUT2D eigenvalue weighted by atomic mass is 9.66. The van der Waals surface area contributed by atoms with Gasteiger partial charge in [-0.05, 0) is 107 Å². The predicted molar refractivity (Wildman–Crippen MR) is 145 cm³/mol. The average molecular weight is 487 g/mol. The van der Waals surface area contributed by atoms with E-state index in [1.54, 1.807) is 14.2 Å². The summed E-state index contributed by atoms with van der Waals surface area (Å²) in [4.78, 5) is 10.9. The van der Waals surface area contributed by atoms with Gasteiger partial charge in [0, 0.05) is 5.92 Å². The maximum atomic E-state index is 10.9. The molecule has 2 aliphatic rings. The molecule has 4 heteroatoms. The lowest BCUT2D eigenvalue weighted by Gasteiger charge is -2.38. The molecule has 0 aliphatic heterocycles. The first-order chi connectivity index (χ1) is 16.6. The molecular formula is C31H38O3Si. The Morgan fingerprint density at radius 1 is 0.857 bits per heavy atom. The summed E-state index contributed by atoms with van der Waals surface area (Å²) >= 11 is 0. The number of methoxy groups -OCH3 is 2. The van der Waals surface area contributed by atoms with Gasteiger partial charge < -0.3 is 14.3 Å². The molecule has 0 fully saturated rings. The van der Waals surface area contributed by atoms with Crippen LogP contribution in [-0.4, -0.2) is 27.3 Å². The second-order valence-electron chi connectivity index (χ2n) is 11.7. The minimum absolute atomic E-state index is 0.0952. The minimum Gasteiger partial charge on any atom is -0.497 e. The molecule has 0 amide bonds. The van der Waals surface area contributed by atoms with Crippen LogP contribution in [0.3, 0.4) is 0 Å². The van der Waals surface area contributed by atoms with Gasteiger partial charge >= 0.3 is 0 Å². The van der Waals surface area contributed by atoms with Crippen LogP contribution in [0, 0.1) is 5.92 Å². The summed E-state index contributed by atoms with van der Waals surface area (Å²) in [5.74, 6) is 3.18. The van der Waals surface area contributed by atoms with E-state index in [4.69, 9.17) is 9.47 Å². The minimum atomic E-state index is -2.30. The largest absolute Gasteiger partial charge is 0.497 e. The summed E-state index contributed by atoms with van der Waals surface area (Å²) in [7, 11) is 1.20. The van der Waals surface area contributed by atoms with E-state index in [1.807, 2.05) is 0 Å². The number of hydrogen-bond acceptors (Lipinski definition) is 3. The molecule has 184 valence electrons. The van der Waals surface area contributed by atoms with Crippen molar-refractivity contribution in [1.29, 1.82) is 0 Å². The molecule has 0 spiro atoms. The predicted octanol–water partition coefficient (Wildman–Crippen LogP) is 6.87. The number of fused-ring (bicyclic) bond motifs is 4. The van der Waals surface area contributed by atoms with Crippen molar-refractivity contribution < 1.29 is 14.3 Å². The highest BCUT2D eigenvalue weighted by molar-refractivity contribution is 6.72. The molecule has 0 unspecified atom stereocenters. The van der Waals surface area contributed by atoms with E-state index in [-0.39, 0.29) is 5.04 Å². The van der Waals surface area contributed by atoms with E-state index in [0.29, 0.717) is 17.8 Å². The van der Waals surface area contributed by atoms with Crippen molar-refractivity contribution >= 4 is 8.32 Å². The molecular weight excluding hydrogens is 448 g/mol. The normalized spacial score (nSPS) is 21.2. The van der Waals surface area contributed by atoms with Crippen molar-refractivity contribution in [2.75, 3.05) is 14.2 Å². The van der Waals surface area contributed by atoms with Crippen molar-refractivity contribution in [3.63, 3.8) is 0 Å². The first-order valence-corrected chi connectivity index (χ1v) is 15.7. The van der Waals surface area contributed by atoms with Gasteiger partial charge in [0.2, 0.25) is 0 Å². The number of hydrogen-bond donors (Lipinski definition) is 1. The van der Waals surface area contributed by atoms with Gasteiger partial charge in [-0.2, -0.15) is 0 Å². The fraction of sp³-hybridized carbons (Fsp3) is 0.419. The third-order valence-corrected chi connectivity index (χ3v) is 12.4. The molecule has 0 aromatic heterocycles. The molecule has 0 bridgehead atoms. The summed E-state index contributed by atoms with van der Waals surface area (Å²) in [6.45, 7) is 8.53. The third kappa shape index (κ3) is 4.32. The first kappa shape index (κ1) is 24.1. The molecule has 1 N–H and O–H groups in total. The van der Waals surface area contributed by atoms with Crippen molar-refractivity contribution in [2.45, 2.75) is 63.1 Å². The quantitative estimate of drug-likeness (QED) is 0.387. The summed E-state index contributed by atoms with van der Waals surface area (Å²) < 4.78 is 11.2. The zero-order chi connectivity index (χ0) is 25.0. The van der Waals surface area contributed by atoms with Crippen LogP contribution in [0.5, 0.6) is 11.5 Å². The second-order valence-corrected chi connectivity index (χ2v) is 16.1. The summed E-state index contributed by atoms with van der Waals surface area (Å²) in [5, 5.41) is -0.0952. The van der Waals surface area contributed by atoms with Crippen molar-refractivity contribution in [2.24, 2.45) is 5.92 Å². The van der Waals surface area contributed by atoms with Crippen LogP contribution in [0.15, 0.2) is 60.7 Å². The number of ether oxygens (including phenoxy) is 2. The van der Waals surface area contributed by atoms with Gasteiger partial charge in [0.15, 0.2) is 8.32 Å². The molecule has 3 atom stereocenters. The summed E-state index contributed by atoms with van der Waals surface area (Å²) in [6.07, 6.45) is 3.02. The monoisotopic (exact) mass is 486 g/mol. The van der Waals surface area contributed by atoms with Crippen LogP contribution in [0.1, 0.15) is 59.1 Å². The lowest BCUT2D eigenvalue weighted by molar-refractivity contribution is 0.376. The molecule has 3 aromatic carbocycles. The highest BCUT2D eigenvalue weighted by Gasteiger charge is 2.44. The second kappa shape index (κ2) is 8.83. The third-order valence-electron chi connectivity index (χ3n) is 8.89. The van der Waals surface area contributed by atoms with Crippen molar-refractivity contribution in [1.82, 2.24) is 0 Å². The summed E-state index contributed by atoms with van der Waals surface area (Å²) in [6, 6.07) is 22.4. The van der Waals surface area contributed by atoms with Crippen LogP contribution in [-0.2, 0) is 19.3 Å². The van der Waals surface area contributed by atoms with Crippen LogP contribution in [0.4, 0.5) is 0 Å². The zero-order valence-corrected chi connectivity index (χ0v) is 22.9. The molecule has 3 aromatic rings. The van der Waals surface area contributed by atoms with Crippen molar-refractivity contribution in [3.8, 4) is 11.5 Å². The number of benzene rings is 3. The SMILES string of the molecule is COc1ccc2c(c1)C[C@H]1[C@@H](c3cccc(CC(C)(C)[Si](C)(C)O)c3)c3cc(OC)ccc3C[C@@H]21. The van der Waals surface area contributed by atoms with Gasteiger partial charge in [-0.3, -0.25) is 0 Å². The Balaban J connectivity index is 1.59. The maximum Gasteiger partial charge on any atom is 0.188 e. The Labute approximate surface area is 211 Å². The molecule has 0 heterocycles. The lowest BCUT2D eigenvalue weighted by Crippen LogP contribution is -2.40.